The van der Waals surface area contributed by atoms with Crippen molar-refractivity contribution < 1.29 is 23.8 Å². The molecule has 112 valence electrons. The first-order chi connectivity index (χ1) is 10.2. The van der Waals surface area contributed by atoms with Crippen LogP contribution >= 0.6 is 11.7 Å². The Balaban J connectivity index is 1.83. The average Bonchev–Trinajstić information content (AvgIpc) is 3.06. The van der Waals surface area contributed by atoms with Crippen molar-refractivity contribution >= 4 is 23.7 Å². The number of rotatable bonds is 2. The molecule has 5 heterocycles. The second-order valence-electron chi connectivity index (χ2n) is 5.37. The Morgan fingerprint density at radius 1 is 1.24 bits per heavy atom. The molecule has 0 N–H and O–H groups in total. The Bertz CT molecular complexity index is 594. The molecule has 5 rings (SSSR count). The van der Waals surface area contributed by atoms with Gasteiger partial charge in [-0.3, -0.25) is 0 Å². The fourth-order valence-corrected chi connectivity index (χ4v) is 4.14. The lowest BCUT2D eigenvalue weighted by atomic mass is 9.74. The molecule has 1 unspecified atom stereocenters. The number of hydrogen-bond acceptors (Lipinski definition) is 9. The number of hydrogen-bond donors (Lipinski definition) is 0. The molecular weight excluding hydrogens is 298 g/mol. The lowest BCUT2D eigenvalue weighted by Crippen LogP contribution is -2.64. The van der Waals surface area contributed by atoms with Gasteiger partial charge < -0.3 is 14.2 Å². The molecule has 1 aromatic heterocycles. The van der Waals surface area contributed by atoms with Crippen molar-refractivity contribution in [3.8, 4) is 5.88 Å². The number of methoxy groups -OCH3 is 1. The summed E-state index contributed by atoms with van der Waals surface area (Å²) in [4.78, 5) is 25.1. The van der Waals surface area contributed by atoms with Crippen molar-refractivity contribution in [3.05, 3.63) is 5.69 Å². The van der Waals surface area contributed by atoms with Gasteiger partial charge in [0.1, 0.15) is 11.6 Å². The molecule has 4 aliphatic heterocycles. The quantitative estimate of drug-likeness (QED) is 0.561. The molecule has 2 bridgehead atoms. The van der Waals surface area contributed by atoms with Crippen LogP contribution in [0.2, 0.25) is 0 Å². The first-order valence-electron chi connectivity index (χ1n) is 6.73. The van der Waals surface area contributed by atoms with Crippen LogP contribution in [0.1, 0.15) is 24.5 Å². The molecule has 0 radical (unpaired) electrons. The summed E-state index contributed by atoms with van der Waals surface area (Å²) in [6.45, 7) is 1.45. The van der Waals surface area contributed by atoms with Crippen LogP contribution in [0.4, 0.5) is 0 Å². The van der Waals surface area contributed by atoms with Crippen molar-refractivity contribution in [2.75, 3.05) is 20.2 Å². The maximum atomic E-state index is 11.6. The van der Waals surface area contributed by atoms with E-state index in [4.69, 9.17) is 14.2 Å². The van der Waals surface area contributed by atoms with E-state index in [-0.39, 0.29) is 11.8 Å². The molecule has 1 spiro atoms. The van der Waals surface area contributed by atoms with Crippen LogP contribution in [-0.4, -0.2) is 51.7 Å². The normalized spacial score (nSPS) is 33.1. The highest BCUT2D eigenvalue weighted by atomic mass is 32.1. The topological polar surface area (TPSA) is 90.9 Å². The van der Waals surface area contributed by atoms with Gasteiger partial charge in [0, 0.05) is 13.1 Å². The van der Waals surface area contributed by atoms with Gasteiger partial charge in [-0.2, -0.15) is 4.37 Å². The molecule has 4 fully saturated rings. The minimum atomic E-state index is -1.38. The molecule has 0 aliphatic carbocycles. The van der Waals surface area contributed by atoms with Gasteiger partial charge >= 0.3 is 17.8 Å². The molecule has 0 saturated carbocycles. The molecule has 1 atom stereocenters. The van der Waals surface area contributed by atoms with Gasteiger partial charge in [0.2, 0.25) is 5.88 Å². The van der Waals surface area contributed by atoms with E-state index < -0.39 is 17.8 Å². The minimum absolute atomic E-state index is 0.214. The number of ether oxygens (including phenoxy) is 3. The highest BCUT2D eigenvalue weighted by molar-refractivity contribution is 6.99. The number of fused-ring (bicyclic) bond motifs is 2. The summed E-state index contributed by atoms with van der Waals surface area (Å²) in [5.41, 5.74) is 0.597. The summed E-state index contributed by atoms with van der Waals surface area (Å²) in [5, 5.41) is 0. The zero-order valence-electron chi connectivity index (χ0n) is 11.3. The van der Waals surface area contributed by atoms with Crippen molar-refractivity contribution in [3.63, 3.8) is 0 Å². The summed E-state index contributed by atoms with van der Waals surface area (Å²) >= 11 is 1.03. The molecule has 4 saturated heterocycles. The van der Waals surface area contributed by atoms with Crippen LogP contribution in [0.5, 0.6) is 5.88 Å². The fraction of sp³-hybridized carbons (Fsp3) is 0.667. The van der Waals surface area contributed by atoms with Crippen LogP contribution in [0.15, 0.2) is 0 Å². The lowest BCUT2D eigenvalue weighted by molar-refractivity contribution is -0.299. The highest BCUT2D eigenvalue weighted by Crippen LogP contribution is 2.53. The van der Waals surface area contributed by atoms with Gasteiger partial charge in [0.25, 0.3) is 0 Å². The fourth-order valence-electron chi connectivity index (χ4n) is 3.58. The minimum Gasteiger partial charge on any atom is -0.479 e. The first-order valence-corrected chi connectivity index (χ1v) is 7.46. The molecule has 9 heteroatoms. The van der Waals surface area contributed by atoms with E-state index in [1.165, 1.54) is 7.11 Å². The third-order valence-corrected chi connectivity index (χ3v) is 4.99. The van der Waals surface area contributed by atoms with E-state index in [1.54, 1.807) is 0 Å². The van der Waals surface area contributed by atoms with Crippen molar-refractivity contribution in [1.29, 1.82) is 0 Å². The maximum Gasteiger partial charge on any atom is 0.421 e. The highest BCUT2D eigenvalue weighted by Gasteiger charge is 2.66. The predicted octanol–water partition coefficient (Wildman–Crippen LogP) is 0.110. The third-order valence-electron chi connectivity index (χ3n) is 4.46. The third kappa shape index (κ3) is 1.64. The number of piperidine rings is 3. The van der Waals surface area contributed by atoms with Gasteiger partial charge in [0.15, 0.2) is 0 Å². The summed E-state index contributed by atoms with van der Waals surface area (Å²) in [5.74, 6) is -3.02. The Kier molecular flexibility index (Phi) is 2.70. The molecule has 21 heavy (non-hydrogen) atoms. The van der Waals surface area contributed by atoms with Crippen molar-refractivity contribution in [1.82, 2.24) is 13.6 Å². The Morgan fingerprint density at radius 2 is 1.90 bits per heavy atom. The summed E-state index contributed by atoms with van der Waals surface area (Å²) in [7, 11) is 1.51. The Labute approximate surface area is 124 Å². The van der Waals surface area contributed by atoms with Crippen LogP contribution < -0.4 is 4.74 Å². The van der Waals surface area contributed by atoms with Crippen LogP contribution in [0, 0.1) is 5.92 Å². The number of nitrogens with zero attached hydrogens (tertiary/aromatic N) is 3. The number of carbonyl (C=O) groups excluding carboxylic acids is 2. The first kappa shape index (κ1) is 13.0. The Hall–Kier alpha value is -1.74. The Morgan fingerprint density at radius 3 is 2.52 bits per heavy atom. The average molecular weight is 311 g/mol. The molecule has 4 aliphatic rings. The van der Waals surface area contributed by atoms with E-state index in [9.17, 15) is 9.59 Å². The second-order valence-corrected chi connectivity index (χ2v) is 5.90. The SMILES string of the molecule is COc1nsnc1C1C2CCN(CC2)C12OC(=O)C(=O)O2. The van der Waals surface area contributed by atoms with Gasteiger partial charge in [-0.1, -0.05) is 0 Å². The van der Waals surface area contributed by atoms with Gasteiger partial charge in [0.05, 0.1) is 18.8 Å². The van der Waals surface area contributed by atoms with E-state index >= 15 is 0 Å². The monoisotopic (exact) mass is 311 g/mol. The van der Waals surface area contributed by atoms with E-state index in [0.29, 0.717) is 11.6 Å². The van der Waals surface area contributed by atoms with Crippen molar-refractivity contribution in [2.24, 2.45) is 5.92 Å². The number of aromatic nitrogens is 2. The van der Waals surface area contributed by atoms with E-state index in [0.717, 1.165) is 37.7 Å². The summed E-state index contributed by atoms with van der Waals surface area (Å²) in [6, 6.07) is 0. The van der Waals surface area contributed by atoms with Gasteiger partial charge in [-0.25, -0.2) is 14.5 Å². The number of esters is 2. The maximum absolute atomic E-state index is 11.6. The lowest BCUT2D eigenvalue weighted by Gasteiger charge is -2.52. The van der Waals surface area contributed by atoms with E-state index in [2.05, 4.69) is 8.75 Å². The standard InChI is InChI=1S/C12H13N3O5S/c1-18-9-8(13-21-14-9)7-6-2-4-15(5-3-6)12(7)19-10(16)11(17)20-12/h6-7H,2-5H2,1H3. The van der Waals surface area contributed by atoms with Crippen LogP contribution in [-0.2, 0) is 19.1 Å². The van der Waals surface area contributed by atoms with Crippen LogP contribution in [0.3, 0.4) is 0 Å². The summed E-state index contributed by atoms with van der Waals surface area (Å²) in [6.07, 6.45) is 1.87. The van der Waals surface area contributed by atoms with Gasteiger partial charge in [-0.15, -0.1) is 4.37 Å². The van der Waals surface area contributed by atoms with Crippen molar-refractivity contribution in [2.45, 2.75) is 24.7 Å². The second kappa shape index (κ2) is 4.38. The molecule has 8 nitrogen and oxygen atoms in total. The van der Waals surface area contributed by atoms with E-state index in [1.807, 2.05) is 4.90 Å². The van der Waals surface area contributed by atoms with Gasteiger partial charge in [-0.05, 0) is 18.8 Å². The molecular formula is C12H13N3O5S. The zero-order chi connectivity index (χ0) is 14.6. The largest absolute Gasteiger partial charge is 0.479 e. The molecule has 1 aromatic rings. The molecule has 0 amide bonds. The zero-order valence-corrected chi connectivity index (χ0v) is 12.1. The molecule has 0 aromatic carbocycles. The summed E-state index contributed by atoms with van der Waals surface area (Å²) < 4.78 is 24.4. The van der Waals surface area contributed by atoms with Crippen LogP contribution in [0.25, 0.3) is 0 Å². The number of carbonyl (C=O) groups is 2. The smallest absolute Gasteiger partial charge is 0.421 e. The predicted molar refractivity (Wildman–Crippen MR) is 68.4 cm³/mol.